The maximum atomic E-state index is 12.7. The predicted octanol–water partition coefficient (Wildman–Crippen LogP) is 8.13. The van der Waals surface area contributed by atoms with E-state index in [4.69, 9.17) is 0 Å². The molecule has 0 aliphatic heterocycles. The Morgan fingerprint density at radius 3 is 1.46 bits per heavy atom. The molecule has 5 aromatic rings. The molecular formula is C35H27NO. The molecule has 37 heavy (non-hydrogen) atoms. The van der Waals surface area contributed by atoms with Crippen molar-refractivity contribution < 1.29 is 4.79 Å². The maximum absolute atomic E-state index is 12.7. The van der Waals surface area contributed by atoms with Gasteiger partial charge in [-0.25, -0.2) is 0 Å². The summed E-state index contributed by atoms with van der Waals surface area (Å²) in [6, 6.07) is 46.3. The van der Waals surface area contributed by atoms with E-state index in [2.05, 4.69) is 47.5 Å². The van der Waals surface area contributed by atoms with E-state index in [-0.39, 0.29) is 5.78 Å². The van der Waals surface area contributed by atoms with Gasteiger partial charge in [-0.15, -0.1) is 0 Å². The van der Waals surface area contributed by atoms with E-state index in [0.29, 0.717) is 0 Å². The van der Waals surface area contributed by atoms with Crippen LogP contribution in [0.15, 0.2) is 145 Å². The molecule has 6 rings (SSSR count). The van der Waals surface area contributed by atoms with Gasteiger partial charge in [-0.3, -0.25) is 9.79 Å². The van der Waals surface area contributed by atoms with Gasteiger partial charge in [0.2, 0.25) is 0 Å². The first-order valence-electron chi connectivity index (χ1n) is 12.4. The highest BCUT2D eigenvalue weighted by molar-refractivity contribution is 6.20. The summed E-state index contributed by atoms with van der Waals surface area (Å²) < 4.78 is 0. The zero-order valence-corrected chi connectivity index (χ0v) is 20.5. The Bertz CT molecular complexity index is 1480. The molecule has 0 bridgehead atoms. The second-order valence-electron chi connectivity index (χ2n) is 8.76. The van der Waals surface area contributed by atoms with Crippen LogP contribution in [0.3, 0.4) is 0 Å². The number of carbonyl (C=O) groups is 1. The fourth-order valence-electron chi connectivity index (χ4n) is 4.37. The Morgan fingerprint density at radius 1 is 0.486 bits per heavy atom. The van der Waals surface area contributed by atoms with Gasteiger partial charge in [0.1, 0.15) is 0 Å². The molecule has 0 N–H and O–H groups in total. The lowest BCUT2D eigenvalue weighted by Gasteiger charge is -2.21. The van der Waals surface area contributed by atoms with Crippen molar-refractivity contribution in [1.82, 2.24) is 0 Å². The zero-order chi connectivity index (χ0) is 25.3. The SMILES string of the molecule is C(=NCc1ccccc1)c1ccccc1.O=C1c2ccccc2C(=Cc2ccccc2)c2ccccc21. The van der Waals surface area contributed by atoms with Gasteiger partial charge in [-0.2, -0.15) is 0 Å². The Labute approximate surface area is 218 Å². The Morgan fingerprint density at radius 2 is 0.919 bits per heavy atom. The molecule has 0 unspecified atom stereocenters. The molecule has 0 heterocycles. The normalized spacial score (nSPS) is 11.8. The first kappa shape index (κ1) is 23.9. The average molecular weight is 478 g/mol. The first-order valence-corrected chi connectivity index (χ1v) is 12.4. The molecule has 2 heteroatoms. The molecule has 0 aromatic heterocycles. The van der Waals surface area contributed by atoms with Gasteiger partial charge in [-0.05, 0) is 39.5 Å². The molecule has 0 atom stereocenters. The maximum Gasteiger partial charge on any atom is 0.194 e. The minimum absolute atomic E-state index is 0.108. The van der Waals surface area contributed by atoms with Crippen LogP contribution in [0.1, 0.15) is 43.7 Å². The molecule has 1 aliphatic carbocycles. The van der Waals surface area contributed by atoms with Crippen LogP contribution in [0.2, 0.25) is 0 Å². The topological polar surface area (TPSA) is 29.4 Å². The monoisotopic (exact) mass is 477 g/mol. The van der Waals surface area contributed by atoms with Gasteiger partial charge < -0.3 is 0 Å². The molecule has 5 aromatic carbocycles. The zero-order valence-electron chi connectivity index (χ0n) is 20.5. The third kappa shape index (κ3) is 5.88. The van der Waals surface area contributed by atoms with Gasteiger partial charge in [-0.1, -0.05) is 140 Å². The summed E-state index contributed by atoms with van der Waals surface area (Å²) in [5.74, 6) is 0.108. The second kappa shape index (κ2) is 11.7. The first-order chi connectivity index (χ1) is 18.3. The van der Waals surface area contributed by atoms with Crippen molar-refractivity contribution in [2.75, 3.05) is 0 Å². The highest BCUT2D eigenvalue weighted by atomic mass is 16.1. The van der Waals surface area contributed by atoms with Gasteiger partial charge in [0, 0.05) is 17.3 Å². The van der Waals surface area contributed by atoms with E-state index in [9.17, 15) is 4.79 Å². The van der Waals surface area contributed by atoms with Crippen molar-refractivity contribution >= 4 is 23.6 Å². The fourth-order valence-corrected chi connectivity index (χ4v) is 4.37. The van der Waals surface area contributed by atoms with Crippen LogP contribution in [-0.2, 0) is 6.54 Å². The predicted molar refractivity (Wildman–Crippen MR) is 154 cm³/mol. The largest absolute Gasteiger partial charge is 0.289 e. The summed E-state index contributed by atoms with van der Waals surface area (Å²) in [7, 11) is 0. The second-order valence-corrected chi connectivity index (χ2v) is 8.76. The molecule has 0 spiro atoms. The summed E-state index contributed by atoms with van der Waals surface area (Å²) in [4.78, 5) is 17.1. The average Bonchev–Trinajstić information content (AvgIpc) is 2.97. The van der Waals surface area contributed by atoms with Crippen LogP contribution >= 0.6 is 0 Å². The van der Waals surface area contributed by atoms with Gasteiger partial charge >= 0.3 is 0 Å². The Hall–Kier alpha value is -4.82. The summed E-state index contributed by atoms with van der Waals surface area (Å²) in [5, 5.41) is 0. The van der Waals surface area contributed by atoms with Gasteiger partial charge in [0.05, 0.1) is 6.54 Å². The summed E-state index contributed by atoms with van der Waals surface area (Å²) >= 11 is 0. The van der Waals surface area contributed by atoms with E-state index >= 15 is 0 Å². The lowest BCUT2D eigenvalue weighted by Crippen LogP contribution is -2.14. The van der Waals surface area contributed by atoms with E-state index in [0.717, 1.165) is 45.5 Å². The number of ketones is 1. The minimum atomic E-state index is 0.108. The molecule has 0 fully saturated rings. The summed E-state index contributed by atoms with van der Waals surface area (Å²) in [6.45, 7) is 0.746. The van der Waals surface area contributed by atoms with Crippen LogP contribution in [0, 0.1) is 0 Å². The minimum Gasteiger partial charge on any atom is -0.289 e. The number of nitrogens with zero attached hydrogens (tertiary/aromatic N) is 1. The van der Waals surface area contributed by atoms with Crippen LogP contribution in [0.25, 0.3) is 11.6 Å². The van der Waals surface area contributed by atoms with Crippen molar-refractivity contribution in [3.63, 3.8) is 0 Å². The molecule has 2 nitrogen and oxygen atoms in total. The van der Waals surface area contributed by atoms with Crippen LogP contribution in [0.4, 0.5) is 0 Å². The standard InChI is InChI=1S/C21H14O.C14H13N/c22-21-18-12-6-4-10-16(18)20(14-15-8-2-1-3-9-15)17-11-5-7-13-19(17)21;1-3-7-13(8-4-1)11-15-12-14-9-5-2-6-10-14/h1-14H;1-11H,12H2. The van der Waals surface area contributed by atoms with E-state index in [1.165, 1.54) is 5.56 Å². The molecule has 178 valence electrons. The summed E-state index contributed by atoms with van der Waals surface area (Å²) in [5.41, 5.74) is 8.21. The quantitative estimate of drug-likeness (QED) is 0.236. The van der Waals surface area contributed by atoms with Crippen LogP contribution < -0.4 is 0 Å². The van der Waals surface area contributed by atoms with Crippen molar-refractivity contribution in [3.8, 4) is 0 Å². The molecule has 0 radical (unpaired) electrons. The molecular weight excluding hydrogens is 450 g/mol. The van der Waals surface area contributed by atoms with Crippen molar-refractivity contribution in [2.45, 2.75) is 6.54 Å². The highest BCUT2D eigenvalue weighted by Crippen LogP contribution is 2.36. The number of aliphatic imine (C=N–C) groups is 1. The smallest absolute Gasteiger partial charge is 0.194 e. The van der Waals surface area contributed by atoms with Gasteiger partial charge in [0.25, 0.3) is 0 Å². The van der Waals surface area contributed by atoms with E-state index in [1.807, 2.05) is 109 Å². The molecule has 1 aliphatic rings. The van der Waals surface area contributed by atoms with Gasteiger partial charge in [0.15, 0.2) is 5.78 Å². The van der Waals surface area contributed by atoms with Crippen molar-refractivity contribution in [1.29, 1.82) is 0 Å². The number of hydrogen-bond donors (Lipinski definition) is 0. The third-order valence-corrected chi connectivity index (χ3v) is 6.19. The van der Waals surface area contributed by atoms with Crippen LogP contribution in [-0.4, -0.2) is 12.0 Å². The number of benzene rings is 5. The number of fused-ring (bicyclic) bond motifs is 2. The third-order valence-electron chi connectivity index (χ3n) is 6.19. The number of carbonyl (C=O) groups excluding carboxylic acids is 1. The fraction of sp³-hybridized carbons (Fsp3) is 0.0286. The lowest BCUT2D eigenvalue weighted by atomic mass is 9.81. The molecule has 0 saturated carbocycles. The summed E-state index contributed by atoms with van der Waals surface area (Å²) in [6.07, 6.45) is 4.07. The van der Waals surface area contributed by atoms with Crippen LogP contribution in [0.5, 0.6) is 0 Å². The Balaban J connectivity index is 0.000000164. The number of rotatable bonds is 4. The van der Waals surface area contributed by atoms with E-state index in [1.54, 1.807) is 0 Å². The molecule has 0 amide bonds. The number of hydrogen-bond acceptors (Lipinski definition) is 2. The Kier molecular flexibility index (Phi) is 7.58. The molecule has 0 saturated heterocycles. The van der Waals surface area contributed by atoms with E-state index < -0.39 is 0 Å². The highest BCUT2D eigenvalue weighted by Gasteiger charge is 2.25. The van der Waals surface area contributed by atoms with Crippen molar-refractivity contribution in [3.05, 3.63) is 178 Å². The van der Waals surface area contributed by atoms with Crippen molar-refractivity contribution in [2.24, 2.45) is 4.99 Å². The lowest BCUT2D eigenvalue weighted by molar-refractivity contribution is 0.103.